The van der Waals surface area contributed by atoms with Gasteiger partial charge >= 0.3 is 0 Å². The Balaban J connectivity index is 1.85. The van der Waals surface area contributed by atoms with Crippen LogP contribution in [0.2, 0.25) is 0 Å². The van der Waals surface area contributed by atoms with E-state index in [1.54, 1.807) is 0 Å². The third-order valence-electron chi connectivity index (χ3n) is 4.58. The fourth-order valence-corrected chi connectivity index (χ4v) is 3.39. The normalized spacial score (nSPS) is 27.8. The van der Waals surface area contributed by atoms with Crippen molar-refractivity contribution in [3.63, 3.8) is 0 Å². The Morgan fingerprint density at radius 2 is 2.05 bits per heavy atom. The molecule has 1 aromatic carbocycles. The summed E-state index contributed by atoms with van der Waals surface area (Å²) >= 11 is 0. The molecule has 3 nitrogen and oxygen atoms in total. The molecule has 1 aliphatic heterocycles. The predicted molar refractivity (Wildman–Crippen MR) is 77.1 cm³/mol. The third kappa shape index (κ3) is 1.88. The lowest BCUT2D eigenvalue weighted by Gasteiger charge is -2.30. The summed E-state index contributed by atoms with van der Waals surface area (Å²) in [6, 6.07) is 9.71. The van der Waals surface area contributed by atoms with Crippen LogP contribution < -0.4 is 5.32 Å². The standard InChI is InChI=1S/C16H21N3/c1-11-5-4-10-17-15(11)16-18-13-6-2-3-7-14(13)19(16)12-8-9-12/h2-3,6-7,11-12,15,17H,4-5,8-10H2,1H3. The van der Waals surface area contributed by atoms with E-state index in [9.17, 15) is 0 Å². The monoisotopic (exact) mass is 255 g/mol. The summed E-state index contributed by atoms with van der Waals surface area (Å²) in [7, 11) is 0. The molecule has 2 fully saturated rings. The molecule has 1 saturated heterocycles. The van der Waals surface area contributed by atoms with Crippen LogP contribution in [-0.2, 0) is 0 Å². The molecule has 1 aliphatic carbocycles. The quantitative estimate of drug-likeness (QED) is 0.891. The van der Waals surface area contributed by atoms with Crippen molar-refractivity contribution in [3.8, 4) is 0 Å². The molecule has 2 aromatic rings. The number of nitrogens with zero attached hydrogens (tertiary/aromatic N) is 2. The van der Waals surface area contributed by atoms with E-state index >= 15 is 0 Å². The van der Waals surface area contributed by atoms with E-state index in [-0.39, 0.29) is 0 Å². The highest BCUT2D eigenvalue weighted by molar-refractivity contribution is 5.76. The van der Waals surface area contributed by atoms with Gasteiger partial charge in [0.1, 0.15) is 5.82 Å². The smallest absolute Gasteiger partial charge is 0.127 e. The fourth-order valence-electron chi connectivity index (χ4n) is 3.39. The molecule has 3 heteroatoms. The molecular weight excluding hydrogens is 234 g/mol. The van der Waals surface area contributed by atoms with Gasteiger partial charge in [-0.15, -0.1) is 0 Å². The van der Waals surface area contributed by atoms with Gasteiger partial charge in [-0.05, 0) is 50.3 Å². The summed E-state index contributed by atoms with van der Waals surface area (Å²) in [5.41, 5.74) is 2.48. The molecule has 2 aliphatic rings. The van der Waals surface area contributed by atoms with Crippen LogP contribution in [0, 0.1) is 5.92 Å². The van der Waals surface area contributed by atoms with E-state index < -0.39 is 0 Å². The minimum atomic E-state index is 0.432. The summed E-state index contributed by atoms with van der Waals surface area (Å²) in [4.78, 5) is 4.95. The Labute approximate surface area is 114 Å². The summed E-state index contributed by atoms with van der Waals surface area (Å²) in [5, 5.41) is 3.69. The van der Waals surface area contributed by atoms with Crippen molar-refractivity contribution in [1.82, 2.24) is 14.9 Å². The van der Waals surface area contributed by atoms with Gasteiger partial charge in [0, 0.05) is 6.04 Å². The molecule has 2 heterocycles. The fraction of sp³-hybridized carbons (Fsp3) is 0.562. The Kier molecular flexibility index (Phi) is 2.62. The highest BCUT2D eigenvalue weighted by Crippen LogP contribution is 2.41. The minimum absolute atomic E-state index is 0.432. The SMILES string of the molecule is CC1CCCNC1c1nc2ccccc2n1C1CC1. The summed E-state index contributed by atoms with van der Waals surface area (Å²) in [5.74, 6) is 1.96. The number of hydrogen-bond donors (Lipinski definition) is 1. The van der Waals surface area contributed by atoms with Crippen molar-refractivity contribution in [3.05, 3.63) is 30.1 Å². The molecule has 19 heavy (non-hydrogen) atoms. The average Bonchev–Trinajstić information content (AvgIpc) is 3.19. The lowest BCUT2D eigenvalue weighted by Crippen LogP contribution is -2.34. The maximum atomic E-state index is 4.95. The molecule has 0 spiro atoms. The second kappa shape index (κ2) is 4.34. The van der Waals surface area contributed by atoms with E-state index in [0.717, 1.165) is 12.1 Å². The Morgan fingerprint density at radius 3 is 2.84 bits per heavy atom. The molecule has 2 atom stereocenters. The molecule has 0 radical (unpaired) electrons. The minimum Gasteiger partial charge on any atom is -0.324 e. The molecule has 100 valence electrons. The highest BCUT2D eigenvalue weighted by atomic mass is 15.2. The van der Waals surface area contributed by atoms with Crippen LogP contribution in [0.4, 0.5) is 0 Å². The number of nitrogens with one attached hydrogen (secondary N) is 1. The molecule has 1 N–H and O–H groups in total. The average molecular weight is 255 g/mol. The zero-order chi connectivity index (χ0) is 12.8. The Morgan fingerprint density at radius 1 is 1.21 bits per heavy atom. The van der Waals surface area contributed by atoms with Gasteiger partial charge in [0.25, 0.3) is 0 Å². The number of fused-ring (bicyclic) bond motifs is 1. The maximum absolute atomic E-state index is 4.95. The highest BCUT2D eigenvalue weighted by Gasteiger charge is 2.33. The summed E-state index contributed by atoms with van der Waals surface area (Å²) in [6.07, 6.45) is 5.23. The Hall–Kier alpha value is -1.35. The number of hydrogen-bond acceptors (Lipinski definition) is 2. The van der Waals surface area contributed by atoms with E-state index in [2.05, 4.69) is 41.1 Å². The first kappa shape index (κ1) is 11.5. The number of aromatic nitrogens is 2. The van der Waals surface area contributed by atoms with E-state index in [1.165, 1.54) is 37.0 Å². The molecule has 1 saturated carbocycles. The summed E-state index contributed by atoms with van der Waals surface area (Å²) < 4.78 is 2.51. The molecule has 2 unspecified atom stereocenters. The molecular formula is C16H21N3. The predicted octanol–water partition coefficient (Wildman–Crippen LogP) is 3.43. The molecule has 1 aromatic heterocycles. The maximum Gasteiger partial charge on any atom is 0.127 e. The number of benzene rings is 1. The lowest BCUT2D eigenvalue weighted by molar-refractivity contribution is 0.289. The largest absolute Gasteiger partial charge is 0.324 e. The van der Waals surface area contributed by atoms with Gasteiger partial charge in [0.05, 0.1) is 17.1 Å². The first-order valence-corrected chi connectivity index (χ1v) is 7.55. The second-order valence-electron chi connectivity index (χ2n) is 6.11. The van der Waals surface area contributed by atoms with Crippen LogP contribution >= 0.6 is 0 Å². The van der Waals surface area contributed by atoms with E-state index in [4.69, 9.17) is 4.98 Å². The number of rotatable bonds is 2. The van der Waals surface area contributed by atoms with Gasteiger partial charge in [-0.25, -0.2) is 4.98 Å². The van der Waals surface area contributed by atoms with Crippen molar-refractivity contribution in [2.24, 2.45) is 5.92 Å². The van der Waals surface area contributed by atoms with Gasteiger partial charge < -0.3 is 9.88 Å². The molecule has 0 bridgehead atoms. The van der Waals surface area contributed by atoms with Crippen molar-refractivity contribution < 1.29 is 0 Å². The van der Waals surface area contributed by atoms with Crippen LogP contribution in [0.5, 0.6) is 0 Å². The van der Waals surface area contributed by atoms with Crippen molar-refractivity contribution in [2.75, 3.05) is 6.54 Å². The van der Waals surface area contributed by atoms with Crippen LogP contribution in [0.3, 0.4) is 0 Å². The van der Waals surface area contributed by atoms with Gasteiger partial charge in [0.2, 0.25) is 0 Å². The number of para-hydroxylation sites is 2. The lowest BCUT2D eigenvalue weighted by atomic mass is 9.92. The second-order valence-corrected chi connectivity index (χ2v) is 6.11. The van der Waals surface area contributed by atoms with Gasteiger partial charge in [-0.3, -0.25) is 0 Å². The van der Waals surface area contributed by atoms with E-state index in [0.29, 0.717) is 18.0 Å². The molecule has 0 amide bonds. The summed E-state index contributed by atoms with van der Waals surface area (Å²) in [6.45, 7) is 3.48. The van der Waals surface area contributed by atoms with Crippen molar-refractivity contribution in [1.29, 1.82) is 0 Å². The first-order valence-electron chi connectivity index (χ1n) is 7.55. The van der Waals surface area contributed by atoms with Crippen molar-refractivity contribution in [2.45, 2.75) is 44.7 Å². The van der Waals surface area contributed by atoms with Crippen molar-refractivity contribution >= 4 is 11.0 Å². The van der Waals surface area contributed by atoms with Crippen LogP contribution in [0.1, 0.15) is 50.5 Å². The molecule has 4 rings (SSSR count). The third-order valence-corrected chi connectivity index (χ3v) is 4.58. The van der Waals surface area contributed by atoms with Gasteiger partial charge in [-0.1, -0.05) is 19.1 Å². The zero-order valence-corrected chi connectivity index (χ0v) is 11.5. The Bertz CT molecular complexity index is 597. The zero-order valence-electron chi connectivity index (χ0n) is 11.5. The van der Waals surface area contributed by atoms with Crippen LogP contribution in [-0.4, -0.2) is 16.1 Å². The van der Waals surface area contributed by atoms with E-state index in [1.807, 2.05) is 0 Å². The van der Waals surface area contributed by atoms with Crippen LogP contribution in [0.15, 0.2) is 24.3 Å². The number of imidazole rings is 1. The van der Waals surface area contributed by atoms with Gasteiger partial charge in [-0.2, -0.15) is 0 Å². The van der Waals surface area contributed by atoms with Gasteiger partial charge in [0.15, 0.2) is 0 Å². The van der Waals surface area contributed by atoms with Crippen LogP contribution in [0.25, 0.3) is 11.0 Å². The first-order chi connectivity index (χ1) is 9.34. The topological polar surface area (TPSA) is 29.9 Å². The number of piperidine rings is 1.